The van der Waals surface area contributed by atoms with E-state index in [-0.39, 0.29) is 10.6 Å². The van der Waals surface area contributed by atoms with Crippen LogP contribution in [0.1, 0.15) is 19.3 Å². The second kappa shape index (κ2) is 5.51. The van der Waals surface area contributed by atoms with Gasteiger partial charge >= 0.3 is 0 Å². The summed E-state index contributed by atoms with van der Waals surface area (Å²) in [6.45, 7) is 1.91. The molecule has 2 heterocycles. The molecule has 2 N–H and O–H groups in total. The fourth-order valence-electron chi connectivity index (χ4n) is 2.02. The molecule has 0 aromatic carbocycles. The van der Waals surface area contributed by atoms with Crippen LogP contribution in [0.25, 0.3) is 0 Å². The summed E-state index contributed by atoms with van der Waals surface area (Å²) in [4.78, 5) is 11.5. The van der Waals surface area contributed by atoms with Gasteiger partial charge in [0, 0.05) is 19.6 Å². The van der Waals surface area contributed by atoms with E-state index in [0.717, 1.165) is 19.5 Å². The number of hydrogen-bond donors (Lipinski definition) is 2. The lowest BCUT2D eigenvalue weighted by Gasteiger charge is -2.12. The van der Waals surface area contributed by atoms with Crippen molar-refractivity contribution in [2.75, 3.05) is 18.4 Å². The van der Waals surface area contributed by atoms with E-state index in [2.05, 4.69) is 15.7 Å². The first-order chi connectivity index (χ1) is 8.18. The summed E-state index contributed by atoms with van der Waals surface area (Å²) in [5, 5.41) is 10.7. The molecule has 0 aliphatic carbocycles. The molecule has 1 fully saturated rings. The Kier molecular flexibility index (Phi) is 4.02. The minimum atomic E-state index is -0.268. The van der Waals surface area contributed by atoms with Gasteiger partial charge < -0.3 is 10.6 Å². The first-order valence-corrected chi connectivity index (χ1v) is 6.25. The molecule has 5 nitrogen and oxygen atoms in total. The molecular weight excluding hydrogens is 240 g/mol. The number of rotatable bonds is 4. The zero-order valence-electron chi connectivity index (χ0n) is 9.87. The monoisotopic (exact) mass is 256 g/mol. The smallest absolute Gasteiger partial charge is 0.287 e. The second-order valence-electron chi connectivity index (χ2n) is 4.31. The van der Waals surface area contributed by atoms with Gasteiger partial charge in [-0.2, -0.15) is 5.10 Å². The first kappa shape index (κ1) is 12.4. The van der Waals surface area contributed by atoms with Crippen LogP contribution in [0.3, 0.4) is 0 Å². The normalized spacial score (nSPS) is 19.5. The van der Waals surface area contributed by atoms with Crippen molar-refractivity contribution in [2.45, 2.75) is 25.3 Å². The van der Waals surface area contributed by atoms with Crippen molar-refractivity contribution in [3.63, 3.8) is 0 Å². The summed E-state index contributed by atoms with van der Waals surface area (Å²) in [5.41, 5.74) is 0.350. The summed E-state index contributed by atoms with van der Waals surface area (Å²) in [6, 6.07) is 0.584. The average molecular weight is 257 g/mol. The molecule has 1 saturated heterocycles. The number of aryl methyl sites for hydroxylation is 1. The molecule has 1 unspecified atom stereocenters. The molecular formula is C11H17ClN4O. The van der Waals surface area contributed by atoms with Crippen LogP contribution in [-0.4, -0.2) is 28.9 Å². The van der Waals surface area contributed by atoms with Crippen LogP contribution in [0.4, 0.5) is 5.69 Å². The second-order valence-corrected chi connectivity index (χ2v) is 4.69. The van der Waals surface area contributed by atoms with E-state index in [0.29, 0.717) is 11.7 Å². The van der Waals surface area contributed by atoms with Crippen molar-refractivity contribution in [2.24, 2.45) is 7.05 Å². The Morgan fingerprint density at radius 2 is 2.53 bits per heavy atom. The van der Waals surface area contributed by atoms with Gasteiger partial charge in [0.2, 0.25) is 0 Å². The zero-order chi connectivity index (χ0) is 12.3. The Bertz CT molecular complexity index is 440. The van der Waals surface area contributed by atoms with E-state index in [9.17, 15) is 4.79 Å². The van der Waals surface area contributed by atoms with Gasteiger partial charge in [-0.25, -0.2) is 4.68 Å². The minimum absolute atomic E-state index is 0.210. The summed E-state index contributed by atoms with van der Waals surface area (Å²) < 4.78 is 1.23. The van der Waals surface area contributed by atoms with Crippen molar-refractivity contribution in [3.05, 3.63) is 21.6 Å². The molecule has 1 aromatic heterocycles. The van der Waals surface area contributed by atoms with Crippen LogP contribution >= 0.6 is 11.6 Å². The molecule has 1 aliphatic rings. The van der Waals surface area contributed by atoms with Crippen LogP contribution in [0.2, 0.25) is 5.02 Å². The molecule has 0 amide bonds. The molecule has 0 radical (unpaired) electrons. The third kappa shape index (κ3) is 2.98. The van der Waals surface area contributed by atoms with Gasteiger partial charge in [0.25, 0.3) is 5.56 Å². The standard InChI is InChI=1S/C11H17ClN4O/c1-16-11(17)10(12)9(7-15-16)14-6-4-8-3-2-5-13-8/h7-8,13-14H,2-6H2,1H3. The van der Waals surface area contributed by atoms with Crippen molar-refractivity contribution in [3.8, 4) is 0 Å². The van der Waals surface area contributed by atoms with Crippen LogP contribution in [0, 0.1) is 0 Å². The Morgan fingerprint density at radius 3 is 3.24 bits per heavy atom. The van der Waals surface area contributed by atoms with E-state index in [1.165, 1.54) is 17.5 Å². The van der Waals surface area contributed by atoms with Gasteiger partial charge in [0.1, 0.15) is 5.02 Å². The third-order valence-electron chi connectivity index (χ3n) is 3.05. The Labute approximate surface area is 105 Å². The highest BCUT2D eigenvalue weighted by Gasteiger charge is 2.13. The summed E-state index contributed by atoms with van der Waals surface area (Å²) >= 11 is 5.94. The fraction of sp³-hybridized carbons (Fsp3) is 0.636. The SMILES string of the molecule is Cn1ncc(NCCC2CCCN2)c(Cl)c1=O. The zero-order valence-corrected chi connectivity index (χ0v) is 10.6. The quantitative estimate of drug-likeness (QED) is 0.844. The fourth-order valence-corrected chi connectivity index (χ4v) is 2.26. The molecule has 0 saturated carbocycles. The number of halogens is 1. The van der Waals surface area contributed by atoms with Crippen molar-refractivity contribution in [1.82, 2.24) is 15.1 Å². The molecule has 94 valence electrons. The Morgan fingerprint density at radius 1 is 1.71 bits per heavy atom. The summed E-state index contributed by atoms with van der Waals surface area (Å²) in [5.74, 6) is 0. The van der Waals surface area contributed by atoms with Crippen molar-refractivity contribution in [1.29, 1.82) is 0 Å². The number of anilines is 1. The average Bonchev–Trinajstić information content (AvgIpc) is 2.82. The molecule has 1 aromatic rings. The first-order valence-electron chi connectivity index (χ1n) is 5.87. The molecule has 6 heteroatoms. The van der Waals surface area contributed by atoms with E-state index in [1.54, 1.807) is 13.2 Å². The predicted molar refractivity (Wildman–Crippen MR) is 68.6 cm³/mol. The maximum Gasteiger partial charge on any atom is 0.287 e. The van der Waals surface area contributed by atoms with Crippen molar-refractivity contribution < 1.29 is 0 Å². The highest BCUT2D eigenvalue weighted by molar-refractivity contribution is 6.32. The van der Waals surface area contributed by atoms with E-state index in [4.69, 9.17) is 11.6 Å². The Balaban J connectivity index is 1.90. The molecule has 1 aliphatic heterocycles. The van der Waals surface area contributed by atoms with Crippen molar-refractivity contribution >= 4 is 17.3 Å². The lowest BCUT2D eigenvalue weighted by atomic mass is 10.1. The van der Waals surface area contributed by atoms with E-state index < -0.39 is 0 Å². The summed E-state index contributed by atoms with van der Waals surface area (Å²) in [6.07, 6.45) is 5.10. The number of hydrogen-bond acceptors (Lipinski definition) is 4. The molecule has 1 atom stereocenters. The van der Waals surface area contributed by atoms with Gasteiger partial charge in [-0.15, -0.1) is 0 Å². The predicted octanol–water partition coefficient (Wildman–Crippen LogP) is 0.988. The van der Waals surface area contributed by atoms with E-state index in [1.807, 2.05) is 0 Å². The van der Waals surface area contributed by atoms with Gasteiger partial charge in [-0.3, -0.25) is 4.79 Å². The number of aromatic nitrogens is 2. The number of nitrogens with one attached hydrogen (secondary N) is 2. The van der Waals surface area contributed by atoms with E-state index >= 15 is 0 Å². The maximum absolute atomic E-state index is 11.5. The third-order valence-corrected chi connectivity index (χ3v) is 3.41. The molecule has 0 spiro atoms. The molecule has 17 heavy (non-hydrogen) atoms. The maximum atomic E-state index is 11.5. The Hall–Kier alpha value is -1.07. The molecule has 0 bridgehead atoms. The topological polar surface area (TPSA) is 59.0 Å². The van der Waals surface area contributed by atoms with Crippen LogP contribution < -0.4 is 16.2 Å². The van der Waals surface area contributed by atoms with Crippen LogP contribution in [0.5, 0.6) is 0 Å². The van der Waals surface area contributed by atoms with Crippen LogP contribution in [-0.2, 0) is 7.05 Å². The highest BCUT2D eigenvalue weighted by atomic mass is 35.5. The highest BCUT2D eigenvalue weighted by Crippen LogP contribution is 2.15. The largest absolute Gasteiger partial charge is 0.382 e. The lowest BCUT2D eigenvalue weighted by molar-refractivity contribution is 0.574. The van der Waals surface area contributed by atoms with Gasteiger partial charge in [-0.05, 0) is 25.8 Å². The number of nitrogens with zero attached hydrogens (tertiary/aromatic N) is 2. The van der Waals surface area contributed by atoms with Crippen LogP contribution in [0.15, 0.2) is 11.0 Å². The van der Waals surface area contributed by atoms with Gasteiger partial charge in [-0.1, -0.05) is 11.6 Å². The van der Waals surface area contributed by atoms with Gasteiger partial charge in [0.05, 0.1) is 11.9 Å². The van der Waals surface area contributed by atoms with Gasteiger partial charge in [0.15, 0.2) is 0 Å². The summed E-state index contributed by atoms with van der Waals surface area (Å²) in [7, 11) is 1.58. The lowest BCUT2D eigenvalue weighted by Crippen LogP contribution is -2.25. The molecule has 2 rings (SSSR count). The minimum Gasteiger partial charge on any atom is -0.382 e.